The number of hydrogen-bond donors (Lipinski definition) is 3. The maximum absolute atomic E-state index is 14.0. The number of anilines is 1. The summed E-state index contributed by atoms with van der Waals surface area (Å²) in [5.74, 6) is 4.58. The van der Waals surface area contributed by atoms with Gasteiger partial charge in [-0.3, -0.25) is 16.0 Å². The van der Waals surface area contributed by atoms with E-state index in [2.05, 4.69) is 4.72 Å². The lowest BCUT2D eigenvalue weighted by atomic mass is 10.3. The molecule has 1 aliphatic rings. The van der Waals surface area contributed by atoms with E-state index < -0.39 is 31.3 Å². The number of nitrogens with two attached hydrogens (primary N) is 1. The number of nitro benzene ring substituents is 1. The van der Waals surface area contributed by atoms with E-state index in [0.717, 1.165) is 12.5 Å². The molecule has 10 heteroatoms. The van der Waals surface area contributed by atoms with Crippen LogP contribution in [-0.2, 0) is 10.0 Å². The van der Waals surface area contributed by atoms with Crippen LogP contribution in [0.5, 0.6) is 0 Å². The highest BCUT2D eigenvalue weighted by Crippen LogP contribution is 2.37. The maximum Gasteiger partial charge on any atom is 0.274 e. The van der Waals surface area contributed by atoms with Gasteiger partial charge >= 0.3 is 0 Å². The van der Waals surface area contributed by atoms with Crippen molar-refractivity contribution in [3.05, 3.63) is 28.1 Å². The van der Waals surface area contributed by atoms with Crippen molar-refractivity contribution >= 4 is 21.4 Å². The van der Waals surface area contributed by atoms with Crippen LogP contribution in [0.4, 0.5) is 15.8 Å². The van der Waals surface area contributed by atoms with Crippen molar-refractivity contribution in [1.29, 1.82) is 0 Å². The molecule has 0 saturated heterocycles. The number of nitrogens with zero attached hydrogens (tertiary/aromatic N) is 1. The molecule has 0 heterocycles. The van der Waals surface area contributed by atoms with Crippen LogP contribution in [0.2, 0.25) is 0 Å². The van der Waals surface area contributed by atoms with Gasteiger partial charge < -0.3 is 5.43 Å². The number of nitro groups is 1. The van der Waals surface area contributed by atoms with Crippen LogP contribution in [0.25, 0.3) is 0 Å². The molecule has 2 unspecified atom stereocenters. The molecule has 116 valence electrons. The van der Waals surface area contributed by atoms with E-state index in [1.54, 1.807) is 0 Å². The Balaban J connectivity index is 2.34. The molecule has 8 nitrogen and oxygen atoms in total. The Morgan fingerprint density at radius 2 is 2.14 bits per heavy atom. The lowest BCUT2D eigenvalue weighted by Crippen LogP contribution is -2.28. The van der Waals surface area contributed by atoms with Gasteiger partial charge in [0.1, 0.15) is 4.90 Å². The minimum absolute atomic E-state index is 0.198. The van der Waals surface area contributed by atoms with Crippen molar-refractivity contribution < 1.29 is 17.7 Å². The molecule has 1 aromatic rings. The first-order chi connectivity index (χ1) is 9.76. The summed E-state index contributed by atoms with van der Waals surface area (Å²) in [6, 6.07) is 1.42. The molecule has 0 spiro atoms. The average Bonchev–Trinajstić information content (AvgIpc) is 3.11. The molecule has 1 aliphatic carbocycles. The maximum atomic E-state index is 14.0. The van der Waals surface area contributed by atoms with Gasteiger partial charge in [0, 0.05) is 12.6 Å². The van der Waals surface area contributed by atoms with E-state index in [4.69, 9.17) is 5.84 Å². The number of nitrogens with one attached hydrogen (secondary N) is 2. The minimum Gasteiger partial charge on any atom is -0.323 e. The van der Waals surface area contributed by atoms with Gasteiger partial charge in [0.25, 0.3) is 5.69 Å². The van der Waals surface area contributed by atoms with Crippen molar-refractivity contribution in [2.75, 3.05) is 12.0 Å². The summed E-state index contributed by atoms with van der Waals surface area (Å²) in [5, 5.41) is 10.6. The van der Waals surface area contributed by atoms with E-state index in [0.29, 0.717) is 12.0 Å². The van der Waals surface area contributed by atoms with Gasteiger partial charge in [0.05, 0.1) is 16.7 Å². The van der Waals surface area contributed by atoms with Gasteiger partial charge in [-0.1, -0.05) is 6.92 Å². The first-order valence-electron chi connectivity index (χ1n) is 6.20. The van der Waals surface area contributed by atoms with Crippen LogP contribution in [0.1, 0.15) is 13.3 Å². The van der Waals surface area contributed by atoms with Crippen LogP contribution in [-0.4, -0.2) is 19.9 Å². The number of sulfonamides is 1. The third-order valence-corrected chi connectivity index (χ3v) is 4.97. The molecule has 0 amide bonds. The van der Waals surface area contributed by atoms with Gasteiger partial charge in [0.15, 0.2) is 5.82 Å². The number of rotatable bonds is 6. The standard InChI is InChI=1S/C11H15FN4O4S/c1-6-2-7(6)5-14-21(19,20)11-9(12)3-8(16(17)18)4-10(11)15-13/h3-4,6-7,14-15H,2,5,13H2,1H3. The fourth-order valence-corrected chi connectivity index (χ4v) is 3.34. The molecule has 1 saturated carbocycles. The monoisotopic (exact) mass is 318 g/mol. The highest BCUT2D eigenvalue weighted by atomic mass is 32.2. The fourth-order valence-electron chi connectivity index (χ4n) is 2.04. The topological polar surface area (TPSA) is 127 Å². The van der Waals surface area contributed by atoms with Crippen LogP contribution < -0.4 is 16.0 Å². The third-order valence-electron chi connectivity index (χ3n) is 3.48. The Hall–Kier alpha value is -1.78. The molecule has 2 atom stereocenters. The molecular formula is C11H15FN4O4S. The molecule has 1 aromatic carbocycles. The lowest BCUT2D eigenvalue weighted by Gasteiger charge is -2.12. The second kappa shape index (κ2) is 5.54. The van der Waals surface area contributed by atoms with Crippen LogP contribution in [0.15, 0.2) is 17.0 Å². The van der Waals surface area contributed by atoms with E-state index in [1.165, 1.54) is 0 Å². The van der Waals surface area contributed by atoms with Gasteiger partial charge in [-0.05, 0) is 18.3 Å². The summed E-state index contributed by atoms with van der Waals surface area (Å²) >= 11 is 0. The third kappa shape index (κ3) is 3.28. The smallest absolute Gasteiger partial charge is 0.274 e. The molecule has 21 heavy (non-hydrogen) atoms. The first-order valence-corrected chi connectivity index (χ1v) is 7.68. The summed E-state index contributed by atoms with van der Waals surface area (Å²) < 4.78 is 40.5. The summed E-state index contributed by atoms with van der Waals surface area (Å²) in [4.78, 5) is 9.09. The number of halogens is 1. The normalized spacial score (nSPS) is 21.1. The van der Waals surface area contributed by atoms with Crippen molar-refractivity contribution in [3.8, 4) is 0 Å². The highest BCUT2D eigenvalue weighted by molar-refractivity contribution is 7.89. The molecule has 2 rings (SSSR count). The van der Waals surface area contributed by atoms with Crippen LogP contribution >= 0.6 is 0 Å². The molecule has 0 bridgehead atoms. The first kappa shape index (κ1) is 15.6. The van der Waals surface area contributed by atoms with E-state index in [9.17, 15) is 22.9 Å². The van der Waals surface area contributed by atoms with Crippen molar-refractivity contribution in [2.24, 2.45) is 17.7 Å². The van der Waals surface area contributed by atoms with Gasteiger partial charge in [-0.2, -0.15) is 0 Å². The Labute approximate surface area is 120 Å². The summed E-state index contributed by atoms with van der Waals surface area (Å²) in [6.45, 7) is 2.18. The Bertz CT molecular complexity index is 679. The second-order valence-corrected chi connectivity index (χ2v) is 6.73. The molecule has 4 N–H and O–H groups in total. The molecule has 0 aliphatic heterocycles. The number of hydrazine groups is 1. The van der Waals surface area contributed by atoms with E-state index in [-0.39, 0.29) is 18.2 Å². The van der Waals surface area contributed by atoms with Crippen LogP contribution in [0, 0.1) is 27.8 Å². The predicted molar refractivity (Wildman–Crippen MR) is 73.3 cm³/mol. The molecule has 0 radical (unpaired) electrons. The molecule has 0 aromatic heterocycles. The SMILES string of the molecule is CC1CC1CNS(=O)(=O)c1c(F)cc([N+](=O)[O-])cc1NN. The van der Waals surface area contributed by atoms with Crippen molar-refractivity contribution in [3.63, 3.8) is 0 Å². The van der Waals surface area contributed by atoms with E-state index >= 15 is 0 Å². The highest BCUT2D eigenvalue weighted by Gasteiger charge is 2.34. The van der Waals surface area contributed by atoms with Gasteiger partial charge in [-0.25, -0.2) is 17.5 Å². The lowest BCUT2D eigenvalue weighted by molar-refractivity contribution is -0.385. The van der Waals surface area contributed by atoms with Crippen LogP contribution in [0.3, 0.4) is 0 Å². The number of hydrogen-bond acceptors (Lipinski definition) is 6. The summed E-state index contributed by atoms with van der Waals surface area (Å²) in [6.07, 6.45) is 0.910. The Kier molecular flexibility index (Phi) is 4.12. The van der Waals surface area contributed by atoms with Gasteiger partial charge in [-0.15, -0.1) is 0 Å². The minimum atomic E-state index is -4.14. The Morgan fingerprint density at radius 3 is 2.62 bits per heavy atom. The number of benzene rings is 1. The summed E-state index contributed by atoms with van der Waals surface area (Å²) in [7, 11) is -4.14. The summed E-state index contributed by atoms with van der Waals surface area (Å²) in [5.41, 5.74) is 1.04. The van der Waals surface area contributed by atoms with Crippen molar-refractivity contribution in [2.45, 2.75) is 18.2 Å². The molecule has 1 fully saturated rings. The quantitative estimate of drug-likeness (QED) is 0.407. The zero-order chi connectivity index (χ0) is 15.8. The average molecular weight is 318 g/mol. The molecular weight excluding hydrogens is 303 g/mol. The van der Waals surface area contributed by atoms with Gasteiger partial charge in [0.2, 0.25) is 10.0 Å². The predicted octanol–water partition coefficient (Wildman–Crippen LogP) is 0.954. The largest absolute Gasteiger partial charge is 0.323 e. The zero-order valence-electron chi connectivity index (χ0n) is 11.2. The number of non-ortho nitro benzene ring substituents is 1. The number of nitrogen functional groups attached to an aromatic ring is 1. The second-order valence-electron chi connectivity index (χ2n) is 5.03. The fraction of sp³-hybridized carbons (Fsp3) is 0.455. The van der Waals surface area contributed by atoms with E-state index in [1.807, 2.05) is 12.3 Å². The van der Waals surface area contributed by atoms with Crippen molar-refractivity contribution in [1.82, 2.24) is 4.72 Å². The zero-order valence-corrected chi connectivity index (χ0v) is 12.0. The Morgan fingerprint density at radius 1 is 1.52 bits per heavy atom.